The lowest BCUT2D eigenvalue weighted by Crippen LogP contribution is -2.29. The zero-order valence-corrected chi connectivity index (χ0v) is 15.9. The Labute approximate surface area is 160 Å². The molecule has 2 aromatic rings. The van der Waals surface area contributed by atoms with Crippen LogP contribution >= 0.6 is 0 Å². The van der Waals surface area contributed by atoms with Crippen molar-refractivity contribution in [2.24, 2.45) is 5.92 Å². The van der Waals surface area contributed by atoms with Gasteiger partial charge in [0.15, 0.2) is 6.61 Å². The molecule has 0 aromatic heterocycles. The summed E-state index contributed by atoms with van der Waals surface area (Å²) in [6, 6.07) is 16.8. The van der Waals surface area contributed by atoms with Gasteiger partial charge in [0.25, 0.3) is 5.91 Å². The van der Waals surface area contributed by atoms with Crippen LogP contribution in [0.2, 0.25) is 0 Å². The number of amides is 1. The van der Waals surface area contributed by atoms with Crippen molar-refractivity contribution < 1.29 is 19.1 Å². The van der Waals surface area contributed by atoms with E-state index in [0.717, 1.165) is 12.8 Å². The number of hydrogen-bond acceptors (Lipinski definition) is 4. The highest BCUT2D eigenvalue weighted by Gasteiger charge is 2.10. The molecular weight excluding hydrogens is 342 g/mol. The molecule has 1 N–H and O–H groups in total. The van der Waals surface area contributed by atoms with Crippen LogP contribution in [0.3, 0.4) is 0 Å². The van der Waals surface area contributed by atoms with Crippen molar-refractivity contribution in [2.45, 2.75) is 26.7 Å². The Hall–Kier alpha value is -2.82. The van der Waals surface area contributed by atoms with Gasteiger partial charge in [-0.2, -0.15) is 0 Å². The summed E-state index contributed by atoms with van der Waals surface area (Å²) in [4.78, 5) is 23.8. The van der Waals surface area contributed by atoms with E-state index in [1.54, 1.807) is 24.3 Å². The zero-order valence-electron chi connectivity index (χ0n) is 15.9. The van der Waals surface area contributed by atoms with E-state index >= 15 is 0 Å². The van der Waals surface area contributed by atoms with Gasteiger partial charge in [-0.25, -0.2) is 4.79 Å². The molecule has 0 bridgehead atoms. The molecule has 0 aliphatic heterocycles. The minimum Gasteiger partial charge on any atom is -0.493 e. The van der Waals surface area contributed by atoms with Crippen LogP contribution in [0.25, 0.3) is 0 Å². The first kappa shape index (κ1) is 20.5. The topological polar surface area (TPSA) is 64.6 Å². The third-order valence-electron chi connectivity index (χ3n) is 3.81. The van der Waals surface area contributed by atoms with Crippen molar-refractivity contribution in [3.8, 4) is 5.75 Å². The maximum absolute atomic E-state index is 12.0. The van der Waals surface area contributed by atoms with E-state index in [9.17, 15) is 9.59 Å². The zero-order chi connectivity index (χ0) is 19.5. The number of aryl methyl sites for hydroxylation is 1. The van der Waals surface area contributed by atoms with Crippen LogP contribution in [0.1, 0.15) is 36.2 Å². The van der Waals surface area contributed by atoms with Crippen molar-refractivity contribution >= 4 is 11.9 Å². The first-order chi connectivity index (χ1) is 13.0. The molecule has 5 heteroatoms. The van der Waals surface area contributed by atoms with Gasteiger partial charge in [-0.15, -0.1) is 0 Å². The molecule has 0 unspecified atom stereocenters. The molecule has 0 atom stereocenters. The summed E-state index contributed by atoms with van der Waals surface area (Å²) < 4.78 is 10.6. The summed E-state index contributed by atoms with van der Waals surface area (Å²) in [5.74, 6) is 0.315. The third-order valence-corrected chi connectivity index (χ3v) is 3.81. The maximum Gasteiger partial charge on any atom is 0.338 e. The molecule has 27 heavy (non-hydrogen) atoms. The molecule has 0 aliphatic rings. The number of rotatable bonds is 10. The summed E-state index contributed by atoms with van der Waals surface area (Å²) in [7, 11) is 0. The van der Waals surface area contributed by atoms with Gasteiger partial charge in [-0.1, -0.05) is 44.2 Å². The van der Waals surface area contributed by atoms with Gasteiger partial charge in [0.05, 0.1) is 12.2 Å². The number of ether oxygens (including phenoxy) is 2. The Morgan fingerprint density at radius 1 is 1.00 bits per heavy atom. The molecule has 5 nitrogen and oxygen atoms in total. The fourth-order valence-corrected chi connectivity index (χ4v) is 2.38. The molecule has 0 spiro atoms. The molecule has 0 heterocycles. The standard InChI is InChI=1S/C22H27NO4/c1-17(2)15-26-20-12-10-19(11-13-20)22(25)27-16-21(24)23-14-6-9-18-7-4-3-5-8-18/h3-5,7-8,10-13,17H,6,9,14-16H2,1-2H3,(H,23,24). The van der Waals surface area contributed by atoms with Crippen LogP contribution in [0.15, 0.2) is 54.6 Å². The number of nitrogens with one attached hydrogen (secondary N) is 1. The largest absolute Gasteiger partial charge is 0.493 e. The molecule has 1 amide bonds. The molecule has 0 fully saturated rings. The van der Waals surface area contributed by atoms with Crippen molar-refractivity contribution in [3.63, 3.8) is 0 Å². The van der Waals surface area contributed by atoms with Gasteiger partial charge in [0.1, 0.15) is 5.75 Å². The van der Waals surface area contributed by atoms with Crippen LogP contribution in [0.5, 0.6) is 5.75 Å². The van der Waals surface area contributed by atoms with E-state index in [-0.39, 0.29) is 12.5 Å². The van der Waals surface area contributed by atoms with Crippen molar-refractivity contribution in [2.75, 3.05) is 19.8 Å². The van der Waals surface area contributed by atoms with Crippen molar-refractivity contribution in [3.05, 3.63) is 65.7 Å². The fourth-order valence-electron chi connectivity index (χ4n) is 2.38. The molecule has 0 aliphatic carbocycles. The third kappa shape index (κ3) is 7.94. The molecule has 0 saturated carbocycles. The van der Waals surface area contributed by atoms with Gasteiger partial charge >= 0.3 is 5.97 Å². The minimum absolute atomic E-state index is 0.282. The predicted octanol–water partition coefficient (Wildman–Crippen LogP) is 3.63. The summed E-state index contributed by atoms with van der Waals surface area (Å²) in [6.07, 6.45) is 1.73. The molecule has 0 radical (unpaired) electrons. The second-order valence-electron chi connectivity index (χ2n) is 6.74. The summed E-state index contributed by atoms with van der Waals surface area (Å²) in [5, 5.41) is 2.76. The second-order valence-corrected chi connectivity index (χ2v) is 6.74. The first-order valence-electron chi connectivity index (χ1n) is 9.25. The molecular formula is C22H27NO4. The minimum atomic E-state index is -0.523. The molecule has 2 rings (SSSR count). The summed E-state index contributed by atoms with van der Waals surface area (Å²) in [6.45, 7) is 5.02. The Morgan fingerprint density at radius 2 is 1.70 bits per heavy atom. The van der Waals surface area contributed by atoms with E-state index in [1.165, 1.54) is 5.56 Å². The SMILES string of the molecule is CC(C)COc1ccc(C(=O)OCC(=O)NCCCc2ccccc2)cc1. The Morgan fingerprint density at radius 3 is 2.37 bits per heavy atom. The van der Waals surface area contributed by atoms with Crippen LogP contribution in [0.4, 0.5) is 0 Å². The monoisotopic (exact) mass is 369 g/mol. The highest BCUT2D eigenvalue weighted by molar-refractivity contribution is 5.91. The van der Waals surface area contributed by atoms with Gasteiger partial charge in [-0.3, -0.25) is 4.79 Å². The number of carbonyl (C=O) groups is 2. The fraction of sp³-hybridized carbons (Fsp3) is 0.364. The Bertz CT molecular complexity index is 711. The first-order valence-corrected chi connectivity index (χ1v) is 9.25. The quantitative estimate of drug-likeness (QED) is 0.513. The highest BCUT2D eigenvalue weighted by Crippen LogP contribution is 2.14. The smallest absolute Gasteiger partial charge is 0.338 e. The van der Waals surface area contributed by atoms with Crippen LogP contribution in [0, 0.1) is 5.92 Å². The number of esters is 1. The van der Waals surface area contributed by atoms with E-state index in [1.807, 2.05) is 18.2 Å². The van der Waals surface area contributed by atoms with Crippen LogP contribution < -0.4 is 10.1 Å². The van der Waals surface area contributed by atoms with Gasteiger partial charge in [-0.05, 0) is 48.6 Å². The molecule has 0 saturated heterocycles. The molecule has 144 valence electrons. The molecule has 2 aromatic carbocycles. The second kappa shape index (κ2) is 11.0. The van der Waals surface area contributed by atoms with Crippen LogP contribution in [-0.2, 0) is 16.0 Å². The number of carbonyl (C=O) groups excluding carboxylic acids is 2. The number of hydrogen-bond donors (Lipinski definition) is 1. The predicted molar refractivity (Wildman–Crippen MR) is 105 cm³/mol. The van der Waals surface area contributed by atoms with E-state index in [4.69, 9.17) is 9.47 Å². The Kier molecular flexibility index (Phi) is 8.36. The van der Waals surface area contributed by atoms with E-state index in [2.05, 4.69) is 31.3 Å². The summed E-state index contributed by atoms with van der Waals surface area (Å²) in [5.41, 5.74) is 1.63. The van der Waals surface area contributed by atoms with Crippen molar-refractivity contribution in [1.82, 2.24) is 5.32 Å². The van der Waals surface area contributed by atoms with E-state index in [0.29, 0.717) is 30.4 Å². The average Bonchev–Trinajstić information content (AvgIpc) is 2.69. The van der Waals surface area contributed by atoms with Gasteiger partial charge < -0.3 is 14.8 Å². The normalized spacial score (nSPS) is 10.5. The maximum atomic E-state index is 12.0. The lowest BCUT2D eigenvalue weighted by atomic mass is 10.1. The van der Waals surface area contributed by atoms with Gasteiger partial charge in [0.2, 0.25) is 0 Å². The van der Waals surface area contributed by atoms with Crippen LogP contribution in [-0.4, -0.2) is 31.6 Å². The highest BCUT2D eigenvalue weighted by atomic mass is 16.5. The number of benzene rings is 2. The average molecular weight is 369 g/mol. The Balaban J connectivity index is 1.64. The lowest BCUT2D eigenvalue weighted by Gasteiger charge is -2.09. The van der Waals surface area contributed by atoms with Crippen molar-refractivity contribution in [1.29, 1.82) is 0 Å². The van der Waals surface area contributed by atoms with Gasteiger partial charge in [0, 0.05) is 6.54 Å². The lowest BCUT2D eigenvalue weighted by molar-refractivity contribution is -0.124. The summed E-state index contributed by atoms with van der Waals surface area (Å²) >= 11 is 0. The van der Waals surface area contributed by atoms with E-state index < -0.39 is 5.97 Å².